The highest BCUT2D eigenvalue weighted by molar-refractivity contribution is 5.77. The van der Waals surface area contributed by atoms with Crippen LogP contribution < -0.4 is 4.74 Å². The van der Waals surface area contributed by atoms with Gasteiger partial charge in [0.05, 0.1) is 13.2 Å². The molecule has 0 bridgehead atoms. The molecule has 0 saturated carbocycles. The average Bonchev–Trinajstić information content (AvgIpc) is 3.16. The summed E-state index contributed by atoms with van der Waals surface area (Å²) in [5, 5.41) is 11.0. The molecule has 0 spiro atoms. The Morgan fingerprint density at radius 2 is 1.76 bits per heavy atom. The van der Waals surface area contributed by atoms with Gasteiger partial charge in [0.2, 0.25) is 0 Å². The van der Waals surface area contributed by atoms with Crippen LogP contribution in [0.2, 0.25) is 0 Å². The van der Waals surface area contributed by atoms with Gasteiger partial charge in [0.1, 0.15) is 11.4 Å². The van der Waals surface area contributed by atoms with Gasteiger partial charge < -0.3 is 19.5 Å². The van der Waals surface area contributed by atoms with Crippen LogP contribution >= 0.6 is 0 Å². The van der Waals surface area contributed by atoms with Crippen LogP contribution in [0.3, 0.4) is 0 Å². The lowest BCUT2D eigenvalue weighted by atomic mass is 9.93. The highest BCUT2D eigenvalue weighted by Crippen LogP contribution is 2.32. The Bertz CT molecular complexity index is 805. The number of ether oxygens (including phenoxy) is 2. The molecule has 0 aromatic heterocycles. The number of β-amino-alcohol motifs (C(OH)–C–C–N with tert-alkyl or cyclic N) is 1. The lowest BCUT2D eigenvalue weighted by Gasteiger charge is -2.26. The fourth-order valence-electron chi connectivity index (χ4n) is 3.99. The SMILES string of the molecule is O=C(COc1ccc(CN2CC[C@](O)(c3ccccc3)C2)cc1)N1CCOCC1. The molecular weight excluding hydrogens is 368 g/mol. The molecule has 6 nitrogen and oxygen atoms in total. The summed E-state index contributed by atoms with van der Waals surface area (Å²) in [5.41, 5.74) is 1.37. The topological polar surface area (TPSA) is 62.2 Å². The van der Waals surface area contributed by atoms with Crippen LogP contribution in [-0.4, -0.2) is 66.8 Å². The number of likely N-dealkylation sites (tertiary alicyclic amines) is 1. The maximum absolute atomic E-state index is 12.2. The van der Waals surface area contributed by atoms with E-state index < -0.39 is 5.60 Å². The van der Waals surface area contributed by atoms with E-state index in [0.717, 1.165) is 30.6 Å². The molecule has 4 rings (SSSR count). The molecule has 154 valence electrons. The van der Waals surface area contributed by atoms with E-state index in [1.165, 1.54) is 0 Å². The number of hydrogen-bond acceptors (Lipinski definition) is 5. The molecule has 2 heterocycles. The first-order valence-electron chi connectivity index (χ1n) is 10.2. The van der Waals surface area contributed by atoms with Crippen LogP contribution in [-0.2, 0) is 21.7 Å². The standard InChI is InChI=1S/C23H28N2O4/c26-22(25-12-14-28-15-13-25)17-29-21-8-6-19(7-9-21)16-24-11-10-23(27,18-24)20-4-2-1-3-5-20/h1-9,27H,10-18H2/t23-/m1/s1. The molecule has 0 radical (unpaired) electrons. The summed E-state index contributed by atoms with van der Waals surface area (Å²) >= 11 is 0. The minimum Gasteiger partial charge on any atom is -0.484 e. The van der Waals surface area contributed by atoms with Gasteiger partial charge in [-0.2, -0.15) is 0 Å². The Kier molecular flexibility index (Phi) is 6.13. The summed E-state index contributed by atoms with van der Waals surface area (Å²) < 4.78 is 10.9. The molecule has 2 fully saturated rings. The molecular formula is C23H28N2O4. The van der Waals surface area contributed by atoms with Crippen molar-refractivity contribution in [2.24, 2.45) is 0 Å². The Morgan fingerprint density at radius 1 is 1.03 bits per heavy atom. The second kappa shape index (κ2) is 8.95. The first-order chi connectivity index (χ1) is 14.1. The minimum absolute atomic E-state index is 0.00496. The number of aliphatic hydroxyl groups is 1. The van der Waals surface area contributed by atoms with Gasteiger partial charge >= 0.3 is 0 Å². The molecule has 1 N–H and O–H groups in total. The summed E-state index contributed by atoms with van der Waals surface area (Å²) in [7, 11) is 0. The summed E-state index contributed by atoms with van der Waals surface area (Å²) in [6.07, 6.45) is 0.738. The van der Waals surface area contributed by atoms with Crippen molar-refractivity contribution in [3.05, 3.63) is 65.7 Å². The zero-order chi connectivity index (χ0) is 20.1. The smallest absolute Gasteiger partial charge is 0.260 e. The molecule has 0 aliphatic carbocycles. The van der Waals surface area contributed by atoms with Crippen LogP contribution in [0.4, 0.5) is 0 Å². The van der Waals surface area contributed by atoms with Crippen LogP contribution in [0, 0.1) is 0 Å². The fourth-order valence-corrected chi connectivity index (χ4v) is 3.99. The van der Waals surface area contributed by atoms with E-state index in [9.17, 15) is 9.90 Å². The Morgan fingerprint density at radius 3 is 2.48 bits per heavy atom. The second-order valence-corrected chi connectivity index (χ2v) is 7.78. The zero-order valence-electron chi connectivity index (χ0n) is 16.6. The average molecular weight is 396 g/mol. The van der Waals surface area contributed by atoms with E-state index in [0.29, 0.717) is 38.6 Å². The van der Waals surface area contributed by atoms with Gasteiger partial charge in [-0.25, -0.2) is 0 Å². The van der Waals surface area contributed by atoms with E-state index in [1.807, 2.05) is 54.6 Å². The third-order valence-electron chi connectivity index (χ3n) is 5.69. The van der Waals surface area contributed by atoms with Gasteiger partial charge in [-0.3, -0.25) is 9.69 Å². The first kappa shape index (κ1) is 19.9. The van der Waals surface area contributed by atoms with Crippen molar-refractivity contribution in [2.45, 2.75) is 18.6 Å². The quantitative estimate of drug-likeness (QED) is 0.810. The molecule has 6 heteroatoms. The van der Waals surface area contributed by atoms with Crippen molar-refractivity contribution in [1.82, 2.24) is 9.80 Å². The predicted molar refractivity (Wildman–Crippen MR) is 110 cm³/mol. The molecule has 1 amide bonds. The normalized spacial score (nSPS) is 22.6. The van der Waals surface area contributed by atoms with E-state index >= 15 is 0 Å². The van der Waals surface area contributed by atoms with Gasteiger partial charge in [0, 0.05) is 32.7 Å². The molecule has 2 aliphatic heterocycles. The number of rotatable bonds is 6. The molecule has 2 aromatic rings. The van der Waals surface area contributed by atoms with Gasteiger partial charge in [-0.05, 0) is 29.7 Å². The third-order valence-corrected chi connectivity index (χ3v) is 5.69. The summed E-state index contributed by atoms with van der Waals surface area (Å²) in [5.74, 6) is 0.687. The minimum atomic E-state index is -0.774. The summed E-state index contributed by atoms with van der Waals surface area (Å²) in [4.78, 5) is 16.2. The number of carbonyl (C=O) groups excluding carboxylic acids is 1. The van der Waals surface area contributed by atoms with Crippen molar-refractivity contribution < 1.29 is 19.4 Å². The van der Waals surface area contributed by atoms with Crippen LogP contribution in [0.25, 0.3) is 0 Å². The Labute approximate surface area is 171 Å². The first-order valence-corrected chi connectivity index (χ1v) is 10.2. The van der Waals surface area contributed by atoms with Gasteiger partial charge in [-0.1, -0.05) is 42.5 Å². The lowest BCUT2D eigenvalue weighted by Crippen LogP contribution is -2.42. The van der Waals surface area contributed by atoms with E-state index in [-0.39, 0.29) is 12.5 Å². The largest absolute Gasteiger partial charge is 0.484 e. The molecule has 2 saturated heterocycles. The van der Waals surface area contributed by atoms with Crippen LogP contribution in [0.1, 0.15) is 17.5 Å². The van der Waals surface area contributed by atoms with Crippen molar-refractivity contribution in [3.8, 4) is 5.75 Å². The molecule has 2 aromatic carbocycles. The Balaban J connectivity index is 1.27. The molecule has 2 aliphatic rings. The number of hydrogen-bond donors (Lipinski definition) is 1. The summed E-state index contributed by atoms with van der Waals surface area (Å²) in [6, 6.07) is 17.8. The predicted octanol–water partition coefficient (Wildman–Crippen LogP) is 2.02. The van der Waals surface area contributed by atoms with Crippen molar-refractivity contribution in [2.75, 3.05) is 46.0 Å². The highest BCUT2D eigenvalue weighted by atomic mass is 16.5. The van der Waals surface area contributed by atoms with Crippen molar-refractivity contribution in [3.63, 3.8) is 0 Å². The third kappa shape index (κ3) is 4.96. The monoisotopic (exact) mass is 396 g/mol. The van der Waals surface area contributed by atoms with Crippen LogP contribution in [0.5, 0.6) is 5.75 Å². The lowest BCUT2D eigenvalue weighted by molar-refractivity contribution is -0.137. The molecule has 29 heavy (non-hydrogen) atoms. The van der Waals surface area contributed by atoms with E-state index in [1.54, 1.807) is 4.90 Å². The van der Waals surface area contributed by atoms with Gasteiger partial charge in [-0.15, -0.1) is 0 Å². The van der Waals surface area contributed by atoms with Crippen LogP contribution in [0.15, 0.2) is 54.6 Å². The Hall–Kier alpha value is -2.41. The zero-order valence-corrected chi connectivity index (χ0v) is 16.6. The van der Waals surface area contributed by atoms with E-state index in [2.05, 4.69) is 4.90 Å². The maximum Gasteiger partial charge on any atom is 0.260 e. The highest BCUT2D eigenvalue weighted by Gasteiger charge is 2.37. The second-order valence-electron chi connectivity index (χ2n) is 7.78. The van der Waals surface area contributed by atoms with Crippen molar-refractivity contribution in [1.29, 1.82) is 0 Å². The van der Waals surface area contributed by atoms with E-state index in [4.69, 9.17) is 9.47 Å². The van der Waals surface area contributed by atoms with Gasteiger partial charge in [0.25, 0.3) is 5.91 Å². The number of benzene rings is 2. The number of morpholine rings is 1. The maximum atomic E-state index is 12.2. The number of nitrogens with zero attached hydrogens (tertiary/aromatic N) is 2. The van der Waals surface area contributed by atoms with Gasteiger partial charge in [0.15, 0.2) is 6.61 Å². The van der Waals surface area contributed by atoms with Crippen molar-refractivity contribution >= 4 is 5.91 Å². The fraction of sp³-hybridized carbons (Fsp3) is 0.435. The number of amides is 1. The summed E-state index contributed by atoms with van der Waals surface area (Å²) in [6.45, 7) is 4.77. The number of carbonyl (C=O) groups is 1. The molecule has 1 atom stereocenters. The molecule has 0 unspecified atom stereocenters.